The molecule has 9 nitrogen and oxygen atoms in total. The van der Waals surface area contributed by atoms with E-state index >= 15 is 0 Å². The van der Waals surface area contributed by atoms with Crippen LogP contribution in [0.5, 0.6) is 0 Å². The fourth-order valence-electron chi connectivity index (χ4n) is 3.28. The van der Waals surface area contributed by atoms with Crippen LogP contribution in [0.1, 0.15) is 36.2 Å². The number of urea groups is 1. The lowest BCUT2D eigenvalue weighted by atomic mass is 10.1. The van der Waals surface area contributed by atoms with Crippen molar-refractivity contribution in [2.24, 2.45) is 0 Å². The Hall–Kier alpha value is -4.47. The first-order valence-corrected chi connectivity index (χ1v) is 11.5. The maximum Gasteiger partial charge on any atom is 0.320 e. The van der Waals surface area contributed by atoms with Crippen molar-refractivity contribution in [2.75, 3.05) is 29.1 Å². The van der Waals surface area contributed by atoms with Gasteiger partial charge in [-0.25, -0.2) is 14.2 Å². The number of carbonyl (C=O) groups is 3. The fraction of sp³-hybridized carbons (Fsp3) is 0.231. The highest BCUT2D eigenvalue weighted by atomic mass is 19.1. The van der Waals surface area contributed by atoms with E-state index < -0.39 is 17.8 Å². The summed E-state index contributed by atoms with van der Waals surface area (Å²) in [7, 11) is 0. The molecule has 1 aromatic heterocycles. The predicted octanol–water partition coefficient (Wildman–Crippen LogP) is 4.85. The highest BCUT2D eigenvalue weighted by Gasteiger charge is 2.15. The first-order chi connectivity index (χ1) is 17.4. The van der Waals surface area contributed by atoms with Gasteiger partial charge in [-0.1, -0.05) is 18.2 Å². The standard InChI is InChI=1S/C26H28FN5O4/c1-3-28-26(35)32-23-15-22(30-20-7-5-6-18(27)14-20)21(16-29-23)25(34)31-19-11-8-17(9-12-19)10-13-24(33)36-4-2/h5-9,11-12,14-16H,3-4,10,13H2,1-2H3,(H,31,34)(H3,28,29,30,32,35). The van der Waals surface area contributed by atoms with Gasteiger partial charge in [-0.05, 0) is 56.2 Å². The summed E-state index contributed by atoms with van der Waals surface area (Å²) in [4.78, 5) is 40.7. The van der Waals surface area contributed by atoms with Crippen LogP contribution >= 0.6 is 0 Å². The third-order valence-electron chi connectivity index (χ3n) is 4.97. The Morgan fingerprint density at radius 3 is 2.44 bits per heavy atom. The van der Waals surface area contributed by atoms with Crippen molar-refractivity contribution in [1.82, 2.24) is 10.3 Å². The number of nitrogens with zero attached hydrogens (tertiary/aromatic N) is 1. The number of amides is 3. The normalized spacial score (nSPS) is 10.3. The number of nitrogens with one attached hydrogen (secondary N) is 4. The van der Waals surface area contributed by atoms with E-state index in [0.717, 1.165) is 5.56 Å². The lowest BCUT2D eigenvalue weighted by molar-refractivity contribution is -0.143. The summed E-state index contributed by atoms with van der Waals surface area (Å²) in [6, 6.07) is 13.9. The van der Waals surface area contributed by atoms with E-state index in [1.54, 1.807) is 32.0 Å². The second kappa shape index (κ2) is 12.8. The van der Waals surface area contributed by atoms with Crippen LogP contribution < -0.4 is 21.3 Å². The van der Waals surface area contributed by atoms with Gasteiger partial charge < -0.3 is 20.7 Å². The molecule has 0 radical (unpaired) electrons. The summed E-state index contributed by atoms with van der Waals surface area (Å²) in [5.41, 5.74) is 2.40. The summed E-state index contributed by atoms with van der Waals surface area (Å²) < 4.78 is 18.6. The fourth-order valence-corrected chi connectivity index (χ4v) is 3.28. The van der Waals surface area contributed by atoms with E-state index in [1.165, 1.54) is 30.5 Å². The lowest BCUT2D eigenvalue weighted by Gasteiger charge is -2.14. The van der Waals surface area contributed by atoms with E-state index in [-0.39, 0.29) is 23.8 Å². The van der Waals surface area contributed by atoms with Gasteiger partial charge in [0.15, 0.2) is 0 Å². The van der Waals surface area contributed by atoms with Crippen LogP contribution in [0.2, 0.25) is 0 Å². The van der Waals surface area contributed by atoms with Crippen molar-refractivity contribution in [3.8, 4) is 0 Å². The van der Waals surface area contributed by atoms with Gasteiger partial charge in [0.25, 0.3) is 5.91 Å². The van der Waals surface area contributed by atoms with Crippen LogP contribution in [0.15, 0.2) is 60.8 Å². The highest BCUT2D eigenvalue weighted by molar-refractivity contribution is 6.08. The minimum Gasteiger partial charge on any atom is -0.466 e. The smallest absolute Gasteiger partial charge is 0.320 e. The molecule has 0 aliphatic heterocycles. The molecule has 3 aromatic rings. The van der Waals surface area contributed by atoms with Gasteiger partial charge in [0, 0.05) is 36.6 Å². The Labute approximate surface area is 208 Å². The van der Waals surface area contributed by atoms with Crippen LogP contribution in [0.3, 0.4) is 0 Å². The zero-order chi connectivity index (χ0) is 25.9. The number of halogens is 1. The van der Waals surface area contributed by atoms with E-state index in [2.05, 4.69) is 26.3 Å². The molecule has 0 aliphatic rings. The predicted molar refractivity (Wildman–Crippen MR) is 136 cm³/mol. The largest absolute Gasteiger partial charge is 0.466 e. The summed E-state index contributed by atoms with van der Waals surface area (Å²) in [5, 5.41) is 11.0. The number of esters is 1. The molecular formula is C26H28FN5O4. The van der Waals surface area contributed by atoms with E-state index in [0.29, 0.717) is 36.6 Å². The third-order valence-corrected chi connectivity index (χ3v) is 4.97. The zero-order valence-corrected chi connectivity index (χ0v) is 20.1. The first-order valence-electron chi connectivity index (χ1n) is 11.5. The first kappa shape index (κ1) is 26.1. The average Bonchev–Trinajstić information content (AvgIpc) is 2.84. The Morgan fingerprint density at radius 2 is 1.75 bits per heavy atom. The summed E-state index contributed by atoms with van der Waals surface area (Å²) in [5.74, 6) is -0.942. The minimum absolute atomic E-state index is 0.187. The van der Waals surface area contributed by atoms with Gasteiger partial charge in [-0.3, -0.25) is 14.9 Å². The van der Waals surface area contributed by atoms with Crippen LogP contribution in [0, 0.1) is 5.82 Å². The van der Waals surface area contributed by atoms with E-state index in [9.17, 15) is 18.8 Å². The SMILES string of the molecule is CCNC(=O)Nc1cc(Nc2cccc(F)c2)c(C(=O)Nc2ccc(CCC(=O)OCC)cc2)cn1. The number of carbonyl (C=O) groups excluding carboxylic acids is 3. The quantitative estimate of drug-likeness (QED) is 0.300. The van der Waals surface area contributed by atoms with Gasteiger partial charge in [0.05, 0.1) is 17.9 Å². The number of pyridine rings is 1. The van der Waals surface area contributed by atoms with E-state index in [1.807, 2.05) is 12.1 Å². The monoisotopic (exact) mass is 493 g/mol. The number of aromatic nitrogens is 1. The molecule has 0 bridgehead atoms. The van der Waals surface area contributed by atoms with Gasteiger partial charge in [0.2, 0.25) is 0 Å². The van der Waals surface area contributed by atoms with Crippen molar-refractivity contribution in [3.63, 3.8) is 0 Å². The maximum atomic E-state index is 13.7. The van der Waals surface area contributed by atoms with Crippen molar-refractivity contribution in [3.05, 3.63) is 77.7 Å². The second-order valence-electron chi connectivity index (χ2n) is 7.69. The number of anilines is 4. The van der Waals surface area contributed by atoms with Crippen molar-refractivity contribution < 1.29 is 23.5 Å². The van der Waals surface area contributed by atoms with Crippen LogP contribution in [0.25, 0.3) is 0 Å². The minimum atomic E-state index is -0.453. The molecule has 188 valence electrons. The lowest BCUT2D eigenvalue weighted by Crippen LogP contribution is -2.28. The molecule has 0 saturated carbocycles. The molecule has 2 aromatic carbocycles. The summed E-state index contributed by atoms with van der Waals surface area (Å²) in [6.45, 7) is 4.32. The molecule has 0 atom stereocenters. The second-order valence-corrected chi connectivity index (χ2v) is 7.69. The number of ether oxygens (including phenoxy) is 1. The Balaban J connectivity index is 1.77. The number of benzene rings is 2. The summed E-state index contributed by atoms with van der Waals surface area (Å²) >= 11 is 0. The molecule has 0 saturated heterocycles. The molecular weight excluding hydrogens is 465 g/mol. The molecule has 3 rings (SSSR count). The number of rotatable bonds is 10. The Bertz CT molecular complexity index is 1220. The number of hydrogen-bond acceptors (Lipinski definition) is 6. The summed E-state index contributed by atoms with van der Waals surface area (Å²) in [6.07, 6.45) is 2.13. The van der Waals surface area contributed by atoms with Crippen LogP contribution in [-0.2, 0) is 16.0 Å². The van der Waals surface area contributed by atoms with Crippen LogP contribution in [-0.4, -0.2) is 36.0 Å². The molecule has 1 heterocycles. The van der Waals surface area contributed by atoms with Crippen molar-refractivity contribution in [2.45, 2.75) is 26.7 Å². The third kappa shape index (κ3) is 7.79. The number of aryl methyl sites for hydroxylation is 1. The van der Waals surface area contributed by atoms with Crippen molar-refractivity contribution >= 4 is 40.8 Å². The average molecular weight is 494 g/mol. The van der Waals surface area contributed by atoms with Crippen LogP contribution in [0.4, 0.5) is 32.1 Å². The molecule has 36 heavy (non-hydrogen) atoms. The highest BCUT2D eigenvalue weighted by Crippen LogP contribution is 2.25. The van der Waals surface area contributed by atoms with Gasteiger partial charge in [0.1, 0.15) is 11.6 Å². The molecule has 0 fully saturated rings. The molecule has 0 unspecified atom stereocenters. The Morgan fingerprint density at radius 1 is 0.972 bits per heavy atom. The van der Waals surface area contributed by atoms with Gasteiger partial charge >= 0.3 is 12.0 Å². The van der Waals surface area contributed by atoms with Gasteiger partial charge in [-0.15, -0.1) is 0 Å². The van der Waals surface area contributed by atoms with Crippen molar-refractivity contribution in [1.29, 1.82) is 0 Å². The van der Waals surface area contributed by atoms with E-state index in [4.69, 9.17) is 4.74 Å². The number of hydrogen-bond donors (Lipinski definition) is 4. The maximum absolute atomic E-state index is 13.7. The molecule has 10 heteroatoms. The Kier molecular flexibility index (Phi) is 9.33. The topological polar surface area (TPSA) is 121 Å². The zero-order valence-electron chi connectivity index (χ0n) is 20.1. The molecule has 4 N–H and O–H groups in total. The molecule has 0 spiro atoms. The molecule has 3 amide bonds. The van der Waals surface area contributed by atoms with Gasteiger partial charge in [-0.2, -0.15) is 0 Å². The molecule has 0 aliphatic carbocycles.